The first-order valence-corrected chi connectivity index (χ1v) is 6.98. The van der Waals surface area contributed by atoms with Crippen molar-refractivity contribution in [2.75, 3.05) is 0 Å². The molecule has 0 radical (unpaired) electrons. The highest BCUT2D eigenvalue weighted by molar-refractivity contribution is 6.30. The highest BCUT2D eigenvalue weighted by Gasteiger charge is 2.09. The Balaban J connectivity index is 2.16. The summed E-state index contributed by atoms with van der Waals surface area (Å²) in [5.41, 5.74) is 2.49. The summed E-state index contributed by atoms with van der Waals surface area (Å²) in [6.45, 7) is 5.27. The maximum atomic E-state index is 11.0. The Kier molecular flexibility index (Phi) is 4.79. The van der Waals surface area contributed by atoms with E-state index in [0.29, 0.717) is 22.9 Å². The lowest BCUT2D eigenvalue weighted by molar-refractivity contribution is 0.111. The summed E-state index contributed by atoms with van der Waals surface area (Å²) in [6.07, 6.45) is 1.64. The number of ether oxygens (including phenoxy) is 1. The van der Waals surface area contributed by atoms with E-state index in [1.165, 1.54) is 0 Å². The third-order valence-corrected chi connectivity index (χ3v) is 3.29. The number of rotatable bonds is 6. The molecular weight excluding hydrogens is 276 g/mol. The Morgan fingerprint density at radius 2 is 2.15 bits per heavy atom. The molecule has 0 saturated heterocycles. The van der Waals surface area contributed by atoms with Crippen LogP contribution in [0.2, 0.25) is 5.02 Å². The van der Waals surface area contributed by atoms with Crippen LogP contribution < -0.4 is 4.74 Å². The molecule has 0 spiro atoms. The van der Waals surface area contributed by atoms with E-state index in [0.717, 1.165) is 30.6 Å². The second kappa shape index (κ2) is 6.57. The molecule has 1 heterocycles. The molecule has 0 aliphatic carbocycles. The summed E-state index contributed by atoms with van der Waals surface area (Å²) in [5, 5.41) is 4.98. The molecule has 0 saturated carbocycles. The van der Waals surface area contributed by atoms with Gasteiger partial charge in [0.25, 0.3) is 0 Å². The predicted molar refractivity (Wildman–Crippen MR) is 78.5 cm³/mol. The Morgan fingerprint density at radius 1 is 1.35 bits per heavy atom. The summed E-state index contributed by atoms with van der Waals surface area (Å²) in [4.78, 5) is 11.0. The van der Waals surface area contributed by atoms with Crippen LogP contribution in [0, 0.1) is 0 Å². The van der Waals surface area contributed by atoms with Gasteiger partial charge < -0.3 is 4.74 Å². The van der Waals surface area contributed by atoms with Gasteiger partial charge in [-0.25, -0.2) is 0 Å². The Bertz CT molecular complexity index is 608. The van der Waals surface area contributed by atoms with Gasteiger partial charge in [0.2, 0.25) is 0 Å². The highest BCUT2D eigenvalue weighted by atomic mass is 35.5. The number of nitrogens with zero attached hydrogens (tertiary/aromatic N) is 2. The largest absolute Gasteiger partial charge is 0.487 e. The van der Waals surface area contributed by atoms with Crippen molar-refractivity contribution >= 4 is 17.9 Å². The van der Waals surface area contributed by atoms with Crippen LogP contribution in [-0.2, 0) is 19.6 Å². The molecule has 5 heteroatoms. The average molecular weight is 293 g/mol. The van der Waals surface area contributed by atoms with Gasteiger partial charge in [-0.15, -0.1) is 0 Å². The van der Waals surface area contributed by atoms with Crippen LogP contribution in [0.15, 0.2) is 24.3 Å². The molecule has 1 aromatic carbocycles. The molecule has 2 rings (SSSR count). The van der Waals surface area contributed by atoms with E-state index in [4.69, 9.17) is 16.3 Å². The van der Waals surface area contributed by atoms with Crippen molar-refractivity contribution in [3.8, 4) is 5.75 Å². The van der Waals surface area contributed by atoms with Crippen LogP contribution in [0.25, 0.3) is 0 Å². The van der Waals surface area contributed by atoms with Gasteiger partial charge in [-0.2, -0.15) is 5.10 Å². The van der Waals surface area contributed by atoms with Crippen LogP contribution in [0.4, 0.5) is 0 Å². The second-order valence-electron chi connectivity index (χ2n) is 4.39. The topological polar surface area (TPSA) is 44.1 Å². The lowest BCUT2D eigenvalue weighted by atomic mass is 10.2. The molecule has 0 unspecified atom stereocenters. The Morgan fingerprint density at radius 3 is 2.80 bits per heavy atom. The first kappa shape index (κ1) is 14.6. The molecule has 0 aliphatic heterocycles. The van der Waals surface area contributed by atoms with Crippen molar-refractivity contribution in [1.29, 1.82) is 0 Å². The molecule has 2 aromatic rings. The van der Waals surface area contributed by atoms with Crippen molar-refractivity contribution in [2.45, 2.75) is 33.4 Å². The zero-order valence-electron chi connectivity index (χ0n) is 11.6. The normalized spacial score (nSPS) is 10.6. The number of hydrogen-bond acceptors (Lipinski definition) is 3. The Labute approximate surface area is 123 Å². The van der Waals surface area contributed by atoms with Gasteiger partial charge >= 0.3 is 0 Å². The van der Waals surface area contributed by atoms with Gasteiger partial charge in [0, 0.05) is 11.6 Å². The molecular formula is C15H17ClN2O2. The molecule has 0 amide bonds. The number of aldehydes is 1. The molecule has 106 valence electrons. The van der Waals surface area contributed by atoms with Crippen LogP contribution >= 0.6 is 11.6 Å². The predicted octanol–water partition coefficient (Wildman–Crippen LogP) is 3.51. The number of hydrogen-bond donors (Lipinski definition) is 0. The molecule has 0 fully saturated rings. The monoisotopic (exact) mass is 292 g/mol. The van der Waals surface area contributed by atoms with E-state index in [1.807, 2.05) is 17.7 Å². The smallest absolute Gasteiger partial charge is 0.153 e. The molecule has 0 aliphatic rings. The van der Waals surface area contributed by atoms with E-state index < -0.39 is 0 Å². The van der Waals surface area contributed by atoms with Crippen LogP contribution in [0.3, 0.4) is 0 Å². The molecule has 0 N–H and O–H groups in total. The number of aryl methyl sites for hydroxylation is 2. The third kappa shape index (κ3) is 3.20. The molecule has 20 heavy (non-hydrogen) atoms. The number of aromatic nitrogens is 2. The second-order valence-corrected chi connectivity index (χ2v) is 4.82. The minimum absolute atomic E-state index is 0.378. The molecule has 0 atom stereocenters. The minimum Gasteiger partial charge on any atom is -0.487 e. The lowest BCUT2D eigenvalue weighted by Gasteiger charge is -2.09. The first-order chi connectivity index (χ1) is 9.67. The summed E-state index contributed by atoms with van der Waals surface area (Å²) in [7, 11) is 0. The van der Waals surface area contributed by atoms with E-state index in [-0.39, 0.29) is 0 Å². The molecule has 4 nitrogen and oxygen atoms in total. The SMILES string of the molecule is CCc1cc(COc2ccc(Cl)cc2C=O)n(CC)n1. The van der Waals surface area contributed by atoms with Crippen molar-refractivity contribution in [1.82, 2.24) is 9.78 Å². The number of benzene rings is 1. The van der Waals surface area contributed by atoms with Crippen LogP contribution in [0.1, 0.15) is 35.6 Å². The van der Waals surface area contributed by atoms with Crippen molar-refractivity contribution in [3.05, 3.63) is 46.2 Å². The van der Waals surface area contributed by atoms with E-state index in [1.54, 1.807) is 18.2 Å². The van der Waals surface area contributed by atoms with Crippen molar-refractivity contribution in [2.24, 2.45) is 0 Å². The minimum atomic E-state index is 0.378. The maximum absolute atomic E-state index is 11.0. The fourth-order valence-corrected chi connectivity index (χ4v) is 2.15. The summed E-state index contributed by atoms with van der Waals surface area (Å²) in [6, 6.07) is 7.04. The Hall–Kier alpha value is -1.81. The number of halogens is 1. The van der Waals surface area contributed by atoms with Gasteiger partial charge in [0.15, 0.2) is 6.29 Å². The fourth-order valence-electron chi connectivity index (χ4n) is 1.97. The van der Waals surface area contributed by atoms with Gasteiger partial charge in [0.05, 0.1) is 17.0 Å². The first-order valence-electron chi connectivity index (χ1n) is 6.61. The summed E-state index contributed by atoms with van der Waals surface area (Å²) < 4.78 is 7.63. The van der Waals surface area contributed by atoms with Crippen LogP contribution in [-0.4, -0.2) is 16.1 Å². The zero-order chi connectivity index (χ0) is 14.5. The highest BCUT2D eigenvalue weighted by Crippen LogP contribution is 2.22. The van der Waals surface area contributed by atoms with Gasteiger partial charge in [-0.3, -0.25) is 9.48 Å². The van der Waals surface area contributed by atoms with Gasteiger partial charge in [-0.05, 0) is 37.6 Å². The van der Waals surface area contributed by atoms with Gasteiger partial charge in [0.1, 0.15) is 12.4 Å². The lowest BCUT2D eigenvalue weighted by Crippen LogP contribution is -2.07. The number of carbonyl (C=O) groups is 1. The third-order valence-electron chi connectivity index (χ3n) is 3.05. The van der Waals surface area contributed by atoms with Crippen molar-refractivity contribution in [3.63, 3.8) is 0 Å². The standard InChI is InChI=1S/C15H17ClN2O2/c1-3-13-8-14(18(4-2)17-13)10-20-15-6-5-12(16)7-11(15)9-19/h5-9H,3-4,10H2,1-2H3. The zero-order valence-corrected chi connectivity index (χ0v) is 12.4. The molecule has 0 bridgehead atoms. The number of carbonyl (C=O) groups excluding carboxylic acids is 1. The quantitative estimate of drug-likeness (QED) is 0.765. The maximum Gasteiger partial charge on any atom is 0.153 e. The summed E-state index contributed by atoms with van der Waals surface area (Å²) >= 11 is 5.85. The van der Waals surface area contributed by atoms with Crippen molar-refractivity contribution < 1.29 is 9.53 Å². The van der Waals surface area contributed by atoms with E-state index in [2.05, 4.69) is 12.0 Å². The van der Waals surface area contributed by atoms with E-state index >= 15 is 0 Å². The van der Waals surface area contributed by atoms with Gasteiger partial charge in [-0.1, -0.05) is 18.5 Å². The molecule has 1 aromatic heterocycles. The summed E-state index contributed by atoms with van der Waals surface area (Å²) in [5.74, 6) is 0.534. The average Bonchev–Trinajstić information content (AvgIpc) is 2.88. The fraction of sp³-hybridized carbons (Fsp3) is 0.333. The van der Waals surface area contributed by atoms with Crippen LogP contribution in [0.5, 0.6) is 5.75 Å². The van der Waals surface area contributed by atoms with E-state index in [9.17, 15) is 4.79 Å².